The number of carbonyl (C=O) groups excluding carboxylic acids is 2. The lowest BCUT2D eigenvalue weighted by Gasteiger charge is -2.19. The second-order valence-electron chi connectivity index (χ2n) is 6.78. The van der Waals surface area contributed by atoms with Crippen molar-refractivity contribution < 1.29 is 23.2 Å². The minimum absolute atomic E-state index is 0.273. The number of halogens is 1. The van der Waals surface area contributed by atoms with Gasteiger partial charge in [0.1, 0.15) is 23.3 Å². The maximum absolute atomic E-state index is 12.8. The first-order chi connectivity index (χ1) is 15.6. The van der Waals surface area contributed by atoms with E-state index in [1.54, 1.807) is 34.9 Å². The molecule has 11 heteroatoms. The number of esters is 1. The van der Waals surface area contributed by atoms with Crippen molar-refractivity contribution in [3.8, 4) is 0 Å². The van der Waals surface area contributed by atoms with Crippen LogP contribution in [-0.2, 0) is 14.3 Å². The third-order valence-electron chi connectivity index (χ3n) is 4.81. The second-order valence-corrected chi connectivity index (χ2v) is 8.01. The Kier molecular flexibility index (Phi) is 5.38. The van der Waals surface area contributed by atoms with Crippen LogP contribution >= 0.6 is 22.9 Å². The van der Waals surface area contributed by atoms with Crippen LogP contribution in [0.2, 0.25) is 5.15 Å². The van der Waals surface area contributed by atoms with Crippen LogP contribution in [0.25, 0.3) is 11.0 Å². The largest absolute Gasteiger partial charge is 0.467 e. The second kappa shape index (κ2) is 8.48. The number of imidazole rings is 1. The number of hydrogen-bond acceptors (Lipinski definition) is 8. The van der Waals surface area contributed by atoms with E-state index in [9.17, 15) is 9.59 Å². The fourth-order valence-electron chi connectivity index (χ4n) is 3.35. The van der Waals surface area contributed by atoms with E-state index in [2.05, 4.69) is 10.1 Å². The molecule has 1 aliphatic heterocycles. The number of amides is 1. The normalized spacial score (nSPS) is 16.2. The average molecular weight is 471 g/mol. The van der Waals surface area contributed by atoms with Gasteiger partial charge in [0.15, 0.2) is 16.7 Å². The fraction of sp³-hybridized carbons (Fsp3) is 0.143. The highest BCUT2D eigenvalue weighted by atomic mass is 35.5. The Morgan fingerprint density at radius 1 is 1.28 bits per heavy atom. The van der Waals surface area contributed by atoms with Gasteiger partial charge in [-0.3, -0.25) is 9.20 Å². The molecule has 0 aromatic carbocycles. The van der Waals surface area contributed by atoms with Gasteiger partial charge in [-0.1, -0.05) is 11.6 Å². The van der Waals surface area contributed by atoms with Crippen molar-refractivity contribution in [2.75, 3.05) is 6.61 Å². The summed E-state index contributed by atoms with van der Waals surface area (Å²) in [4.78, 5) is 29.9. The number of carbonyl (C=O) groups is 2. The molecule has 0 N–H and O–H groups in total. The molecule has 0 bridgehead atoms. The number of rotatable bonds is 6. The van der Waals surface area contributed by atoms with Gasteiger partial charge in [-0.05, 0) is 30.3 Å². The lowest BCUT2D eigenvalue weighted by molar-refractivity contribution is -0.149. The van der Waals surface area contributed by atoms with E-state index in [4.69, 9.17) is 25.2 Å². The summed E-state index contributed by atoms with van der Waals surface area (Å²) >= 11 is 7.53. The number of nitrogens with zero attached hydrogens (tertiary/aromatic N) is 4. The van der Waals surface area contributed by atoms with Gasteiger partial charge in [0.25, 0.3) is 5.91 Å². The highest BCUT2D eigenvalue weighted by Crippen LogP contribution is 2.33. The summed E-state index contributed by atoms with van der Waals surface area (Å²) in [7, 11) is 0. The first kappa shape index (κ1) is 20.3. The number of fused-ring (bicyclic) bond motifs is 1. The van der Waals surface area contributed by atoms with E-state index < -0.39 is 24.5 Å². The summed E-state index contributed by atoms with van der Waals surface area (Å²) in [6, 6.07) is 6.56. The van der Waals surface area contributed by atoms with Gasteiger partial charge >= 0.3 is 5.97 Å². The van der Waals surface area contributed by atoms with Crippen LogP contribution in [0.1, 0.15) is 29.7 Å². The summed E-state index contributed by atoms with van der Waals surface area (Å²) in [5.41, 5.74) is 1.16. The minimum Gasteiger partial charge on any atom is -0.467 e. The zero-order valence-electron chi connectivity index (χ0n) is 16.4. The number of hydrogen-bond donors (Lipinski definition) is 0. The molecule has 1 aliphatic rings. The van der Waals surface area contributed by atoms with Crippen LogP contribution in [0.5, 0.6) is 0 Å². The summed E-state index contributed by atoms with van der Waals surface area (Å²) in [6.07, 6.45) is 7.97. The van der Waals surface area contributed by atoms with Crippen LogP contribution < -0.4 is 0 Å². The van der Waals surface area contributed by atoms with E-state index in [1.165, 1.54) is 41.0 Å². The molecule has 32 heavy (non-hydrogen) atoms. The quantitative estimate of drug-likeness (QED) is 0.309. The Morgan fingerprint density at radius 3 is 2.91 bits per heavy atom. The molecule has 5 heterocycles. The minimum atomic E-state index is -0.691. The van der Waals surface area contributed by atoms with Crippen LogP contribution in [-0.4, -0.2) is 38.6 Å². The van der Waals surface area contributed by atoms with Crippen molar-refractivity contribution in [2.24, 2.45) is 5.10 Å². The molecule has 0 saturated carbocycles. The van der Waals surface area contributed by atoms with E-state index >= 15 is 0 Å². The smallest absolute Gasteiger partial charge is 0.331 e. The van der Waals surface area contributed by atoms with Crippen LogP contribution in [0.15, 0.2) is 68.4 Å². The van der Waals surface area contributed by atoms with Crippen LogP contribution in [0, 0.1) is 0 Å². The molecule has 0 saturated heterocycles. The van der Waals surface area contributed by atoms with Crippen molar-refractivity contribution >= 4 is 51.6 Å². The van der Waals surface area contributed by atoms with Gasteiger partial charge in [-0.2, -0.15) is 5.10 Å². The molecule has 4 aromatic heterocycles. The number of furan rings is 2. The Hall–Kier alpha value is -3.63. The zero-order valence-corrected chi connectivity index (χ0v) is 18.0. The topological polar surface area (TPSA) is 103 Å². The van der Waals surface area contributed by atoms with E-state index in [-0.39, 0.29) is 5.15 Å². The van der Waals surface area contributed by atoms with E-state index in [0.717, 1.165) is 0 Å². The Bertz CT molecular complexity index is 1320. The summed E-state index contributed by atoms with van der Waals surface area (Å²) in [5.74, 6) is -0.0415. The summed E-state index contributed by atoms with van der Waals surface area (Å²) in [5, 5.41) is 7.77. The number of ether oxygens (including phenoxy) is 1. The lowest BCUT2D eigenvalue weighted by Crippen LogP contribution is -2.31. The monoisotopic (exact) mass is 470 g/mol. The molecule has 1 amide bonds. The highest BCUT2D eigenvalue weighted by molar-refractivity contribution is 7.15. The average Bonchev–Trinajstić information content (AvgIpc) is 3.57. The van der Waals surface area contributed by atoms with Gasteiger partial charge < -0.3 is 13.6 Å². The van der Waals surface area contributed by atoms with Gasteiger partial charge in [-0.25, -0.2) is 14.8 Å². The lowest BCUT2D eigenvalue weighted by atomic mass is 10.1. The molecule has 5 rings (SSSR count). The Labute approximate surface area is 190 Å². The van der Waals surface area contributed by atoms with Gasteiger partial charge in [0.05, 0.1) is 18.2 Å². The predicted octanol–water partition coefficient (Wildman–Crippen LogP) is 4.17. The molecule has 4 aromatic rings. The summed E-state index contributed by atoms with van der Waals surface area (Å²) in [6.45, 7) is -0.483. The van der Waals surface area contributed by atoms with Crippen molar-refractivity contribution in [1.29, 1.82) is 0 Å². The molecular weight excluding hydrogens is 456 g/mol. The molecule has 0 spiro atoms. The standard InChI is InChI=1S/C21H15ClN4O5S/c22-20-14(25-7-10-32-21(25)23-20)5-6-19(28)31-12-18(27)26-15(17-4-2-9-30-17)11-13(24-26)16-3-1-8-29-16/h1-10,15H,11-12H2/b6-5+. The van der Waals surface area contributed by atoms with Crippen LogP contribution in [0.3, 0.4) is 0 Å². The molecule has 9 nitrogen and oxygen atoms in total. The first-order valence-electron chi connectivity index (χ1n) is 9.53. The molecule has 162 valence electrons. The molecule has 1 atom stereocenters. The molecular formula is C21H15ClN4O5S. The molecule has 1 unspecified atom stereocenters. The Morgan fingerprint density at radius 2 is 2.12 bits per heavy atom. The first-order valence-corrected chi connectivity index (χ1v) is 10.8. The van der Waals surface area contributed by atoms with Gasteiger partial charge in [0, 0.05) is 24.1 Å². The van der Waals surface area contributed by atoms with Crippen molar-refractivity contribution in [3.63, 3.8) is 0 Å². The highest BCUT2D eigenvalue weighted by Gasteiger charge is 2.36. The molecule has 0 fully saturated rings. The molecule has 0 aliphatic carbocycles. The van der Waals surface area contributed by atoms with Gasteiger partial charge in [0.2, 0.25) is 0 Å². The van der Waals surface area contributed by atoms with E-state index in [0.29, 0.717) is 34.3 Å². The summed E-state index contributed by atoms with van der Waals surface area (Å²) < 4.78 is 17.8. The maximum atomic E-state index is 12.8. The van der Waals surface area contributed by atoms with Crippen LogP contribution in [0.4, 0.5) is 0 Å². The molecule has 0 radical (unpaired) electrons. The third-order valence-corrected chi connectivity index (χ3v) is 5.85. The number of thiazole rings is 1. The van der Waals surface area contributed by atoms with Gasteiger partial charge in [-0.15, -0.1) is 11.3 Å². The van der Waals surface area contributed by atoms with E-state index in [1.807, 2.05) is 5.38 Å². The zero-order chi connectivity index (χ0) is 22.1. The number of aromatic nitrogens is 2. The maximum Gasteiger partial charge on any atom is 0.331 e. The SMILES string of the molecule is O=C(/C=C/c1c(Cl)nc2sccn12)OCC(=O)N1N=C(c2ccco2)CC1c1ccco1. The third kappa shape index (κ3) is 3.85. The predicted molar refractivity (Wildman–Crippen MR) is 116 cm³/mol. The van der Waals surface area contributed by atoms with Crippen molar-refractivity contribution in [2.45, 2.75) is 12.5 Å². The van der Waals surface area contributed by atoms with Crippen molar-refractivity contribution in [1.82, 2.24) is 14.4 Å². The van der Waals surface area contributed by atoms with Crippen molar-refractivity contribution in [3.05, 3.63) is 76.8 Å². The fourth-order valence-corrected chi connectivity index (χ4v) is 4.36. The number of hydrazone groups is 1. The Balaban J connectivity index is 1.27.